The molecule has 3 heterocycles. The van der Waals surface area contributed by atoms with E-state index < -0.39 is 0 Å². The van der Waals surface area contributed by atoms with E-state index in [1.807, 2.05) is 24.3 Å². The molecule has 0 amide bonds. The average molecular weight is 694 g/mol. The molecule has 11 rings (SSSR count). The van der Waals surface area contributed by atoms with Gasteiger partial charge in [-0.05, 0) is 58.7 Å². The Bertz CT molecular complexity index is 3150. The van der Waals surface area contributed by atoms with E-state index in [1.165, 1.54) is 10.9 Å². The van der Waals surface area contributed by atoms with E-state index >= 15 is 0 Å². The van der Waals surface area contributed by atoms with Crippen LogP contribution in [0.4, 0.5) is 0 Å². The van der Waals surface area contributed by atoms with Crippen LogP contribution in [0, 0.1) is 0 Å². The second-order valence-electron chi connectivity index (χ2n) is 13.9. The molecule has 0 spiro atoms. The van der Waals surface area contributed by atoms with E-state index in [1.54, 1.807) is 0 Å². The molecule has 5 heteroatoms. The highest BCUT2D eigenvalue weighted by molar-refractivity contribution is 6.14. The quantitative estimate of drug-likeness (QED) is 0.179. The summed E-state index contributed by atoms with van der Waals surface area (Å²) < 4.78 is 12.9. The summed E-state index contributed by atoms with van der Waals surface area (Å²) in [6.07, 6.45) is 7.53. The highest BCUT2D eigenvalue weighted by atomic mass is 16.3. The van der Waals surface area contributed by atoms with E-state index in [0.29, 0.717) is 23.4 Å². The molecule has 1 aliphatic carbocycles. The minimum Gasteiger partial charge on any atom is -0.456 e. The summed E-state index contributed by atoms with van der Waals surface area (Å²) in [7, 11) is 0. The Hall–Kier alpha value is -7.11. The zero-order valence-electron chi connectivity index (χ0n) is 29.1. The van der Waals surface area contributed by atoms with Gasteiger partial charge in [-0.15, -0.1) is 0 Å². The van der Waals surface area contributed by atoms with Gasteiger partial charge in [-0.2, -0.15) is 0 Å². The minimum absolute atomic E-state index is 0.307. The first-order valence-electron chi connectivity index (χ1n) is 18.3. The van der Waals surface area contributed by atoms with Gasteiger partial charge in [-0.25, -0.2) is 15.0 Å². The van der Waals surface area contributed by atoms with Crippen molar-refractivity contribution < 1.29 is 8.83 Å². The summed E-state index contributed by atoms with van der Waals surface area (Å²) in [6, 6.07) is 52.4. The molecule has 0 aliphatic heterocycles. The molecule has 1 atom stereocenters. The maximum atomic E-state index is 6.49. The molecule has 0 saturated heterocycles. The van der Waals surface area contributed by atoms with Crippen LogP contribution in [0.2, 0.25) is 0 Å². The maximum Gasteiger partial charge on any atom is 0.164 e. The van der Waals surface area contributed by atoms with Crippen molar-refractivity contribution in [3.05, 3.63) is 181 Å². The topological polar surface area (TPSA) is 65.0 Å². The lowest BCUT2D eigenvalue weighted by Gasteiger charge is -2.17. The van der Waals surface area contributed by atoms with Crippen LogP contribution in [-0.2, 0) is 0 Å². The average Bonchev–Trinajstić information content (AvgIpc) is 3.82. The number of allylic oxidation sites excluding steroid dienone is 4. The fourth-order valence-electron chi connectivity index (χ4n) is 7.97. The van der Waals surface area contributed by atoms with Crippen molar-refractivity contribution in [2.75, 3.05) is 0 Å². The van der Waals surface area contributed by atoms with E-state index in [0.717, 1.165) is 83.5 Å². The van der Waals surface area contributed by atoms with Crippen LogP contribution in [0.15, 0.2) is 179 Å². The van der Waals surface area contributed by atoms with Crippen LogP contribution >= 0.6 is 0 Å². The first kappa shape index (κ1) is 30.5. The number of hydrogen-bond acceptors (Lipinski definition) is 5. The van der Waals surface area contributed by atoms with Crippen molar-refractivity contribution in [2.45, 2.75) is 12.3 Å². The Morgan fingerprint density at radius 2 is 1.20 bits per heavy atom. The van der Waals surface area contributed by atoms with Crippen molar-refractivity contribution in [1.29, 1.82) is 0 Å². The van der Waals surface area contributed by atoms with Crippen molar-refractivity contribution >= 4 is 60.2 Å². The van der Waals surface area contributed by atoms with Gasteiger partial charge in [-0.3, -0.25) is 0 Å². The minimum atomic E-state index is 0.307. The van der Waals surface area contributed by atoms with Gasteiger partial charge in [0, 0.05) is 49.7 Å². The first-order chi connectivity index (χ1) is 26.7. The second kappa shape index (κ2) is 12.2. The van der Waals surface area contributed by atoms with E-state index in [2.05, 4.69) is 146 Å². The molecule has 0 saturated carbocycles. The number of rotatable bonds is 5. The summed E-state index contributed by atoms with van der Waals surface area (Å²) in [4.78, 5) is 15.5. The number of benzene rings is 7. The number of hydrogen-bond donors (Lipinski definition) is 0. The Morgan fingerprint density at radius 3 is 2.11 bits per heavy atom. The van der Waals surface area contributed by atoms with Gasteiger partial charge >= 0.3 is 0 Å². The summed E-state index contributed by atoms with van der Waals surface area (Å²) in [5.41, 5.74) is 9.51. The molecular weight excluding hydrogens is 663 g/mol. The Balaban J connectivity index is 1.09. The molecule has 0 radical (unpaired) electrons. The molecular formula is C49H31N3O2. The Kier molecular flexibility index (Phi) is 6.92. The number of para-hydroxylation sites is 2. The third-order valence-electron chi connectivity index (χ3n) is 10.7. The van der Waals surface area contributed by atoms with Gasteiger partial charge in [0.15, 0.2) is 17.5 Å². The molecule has 5 nitrogen and oxygen atoms in total. The molecule has 0 N–H and O–H groups in total. The smallest absolute Gasteiger partial charge is 0.164 e. The van der Waals surface area contributed by atoms with Crippen molar-refractivity contribution in [2.24, 2.45) is 0 Å². The van der Waals surface area contributed by atoms with E-state index in [9.17, 15) is 0 Å². The summed E-state index contributed by atoms with van der Waals surface area (Å²) in [5, 5.41) is 6.46. The van der Waals surface area contributed by atoms with Gasteiger partial charge in [0.2, 0.25) is 0 Å². The van der Waals surface area contributed by atoms with Crippen LogP contribution in [0.5, 0.6) is 0 Å². The lowest BCUT2D eigenvalue weighted by Crippen LogP contribution is -2.05. The van der Waals surface area contributed by atoms with Gasteiger partial charge in [0.25, 0.3) is 0 Å². The number of furan rings is 2. The van der Waals surface area contributed by atoms with Crippen molar-refractivity contribution in [3.8, 4) is 33.9 Å². The van der Waals surface area contributed by atoms with Gasteiger partial charge in [0.1, 0.15) is 22.3 Å². The molecule has 7 aromatic carbocycles. The maximum absolute atomic E-state index is 6.49. The number of nitrogens with zero attached hydrogens (tertiary/aromatic N) is 3. The molecule has 254 valence electrons. The zero-order valence-corrected chi connectivity index (χ0v) is 29.1. The highest BCUT2D eigenvalue weighted by Crippen LogP contribution is 2.41. The Labute approximate surface area is 310 Å². The lowest BCUT2D eigenvalue weighted by molar-refractivity contribution is 0.668. The largest absolute Gasteiger partial charge is 0.456 e. The molecule has 1 unspecified atom stereocenters. The molecule has 0 bridgehead atoms. The lowest BCUT2D eigenvalue weighted by atomic mass is 9.90. The fourth-order valence-corrected chi connectivity index (χ4v) is 7.97. The summed E-state index contributed by atoms with van der Waals surface area (Å²) in [6.45, 7) is 0. The van der Waals surface area contributed by atoms with E-state index in [4.69, 9.17) is 23.8 Å². The standard InChI is InChI=1S/C49H31N3O2/c1-2-10-30(11-3-1)32-20-23-33(24-21-32)47-50-48(36-25-22-31-12-4-5-13-34(31)28-36)52-49(51-47)40-17-9-19-44-45(40)41-29-35(26-27-43(41)53-44)37-15-8-16-39-38-14-6-7-18-42(38)54-46(37)39/h1-20,22-29,32H,21H2. The van der Waals surface area contributed by atoms with Crippen LogP contribution in [-0.4, -0.2) is 15.0 Å². The highest BCUT2D eigenvalue weighted by Gasteiger charge is 2.21. The van der Waals surface area contributed by atoms with Crippen LogP contribution in [0.25, 0.3) is 94.1 Å². The monoisotopic (exact) mass is 693 g/mol. The molecule has 10 aromatic rings. The predicted molar refractivity (Wildman–Crippen MR) is 219 cm³/mol. The van der Waals surface area contributed by atoms with Crippen LogP contribution < -0.4 is 0 Å². The third kappa shape index (κ3) is 5.05. The molecule has 54 heavy (non-hydrogen) atoms. The van der Waals surface area contributed by atoms with Gasteiger partial charge in [0.05, 0.1) is 0 Å². The fraction of sp³-hybridized carbons (Fsp3) is 0.0408. The summed E-state index contributed by atoms with van der Waals surface area (Å²) in [5.74, 6) is 2.18. The predicted octanol–water partition coefficient (Wildman–Crippen LogP) is 13.0. The SMILES string of the molecule is C1=CC(c2ccccc2)CC=C1c1nc(-c2ccc3ccccc3c2)nc(-c2cccc3oc4ccc(-c5cccc6c5oc5ccccc56)cc4c23)n1. The van der Waals surface area contributed by atoms with Gasteiger partial charge < -0.3 is 8.83 Å². The van der Waals surface area contributed by atoms with Crippen LogP contribution in [0.3, 0.4) is 0 Å². The normalized spacial score (nSPS) is 14.4. The molecule has 0 fully saturated rings. The second-order valence-corrected chi connectivity index (χ2v) is 13.9. The first-order valence-corrected chi connectivity index (χ1v) is 18.3. The molecule has 3 aromatic heterocycles. The molecule has 1 aliphatic rings. The van der Waals surface area contributed by atoms with Crippen molar-refractivity contribution in [3.63, 3.8) is 0 Å². The Morgan fingerprint density at radius 1 is 0.481 bits per heavy atom. The number of aromatic nitrogens is 3. The zero-order chi connectivity index (χ0) is 35.6. The summed E-state index contributed by atoms with van der Waals surface area (Å²) >= 11 is 0. The van der Waals surface area contributed by atoms with Crippen LogP contribution in [0.1, 0.15) is 23.7 Å². The third-order valence-corrected chi connectivity index (χ3v) is 10.7. The number of fused-ring (bicyclic) bond motifs is 7. The van der Waals surface area contributed by atoms with Crippen molar-refractivity contribution in [1.82, 2.24) is 15.0 Å². The van der Waals surface area contributed by atoms with E-state index in [-0.39, 0.29) is 0 Å². The van der Waals surface area contributed by atoms with Gasteiger partial charge in [-0.1, -0.05) is 140 Å².